The van der Waals surface area contributed by atoms with Crippen LogP contribution in [0, 0.1) is 0 Å². The van der Waals surface area contributed by atoms with Crippen LogP contribution in [0.25, 0.3) is 0 Å². The molecule has 0 bridgehead atoms. The van der Waals surface area contributed by atoms with E-state index < -0.39 is 11.7 Å². The van der Waals surface area contributed by atoms with Crippen molar-refractivity contribution in [2.45, 2.75) is 13.1 Å². The Balaban J connectivity index is 2.02. The molecule has 100 valence electrons. The third-order valence-corrected chi connectivity index (χ3v) is 3.22. The van der Waals surface area contributed by atoms with Gasteiger partial charge in [0.25, 0.3) is 0 Å². The normalized spacial score (nSPS) is 18.1. The van der Waals surface area contributed by atoms with E-state index in [0.717, 1.165) is 45.0 Å². The van der Waals surface area contributed by atoms with Crippen LogP contribution in [-0.4, -0.2) is 42.6 Å². The van der Waals surface area contributed by atoms with Crippen molar-refractivity contribution in [2.75, 3.05) is 37.6 Å². The molecule has 3 nitrogen and oxygen atoms in total. The van der Waals surface area contributed by atoms with Gasteiger partial charge in [0.2, 0.25) is 0 Å². The molecule has 1 fully saturated rings. The minimum atomic E-state index is -4.31. The van der Waals surface area contributed by atoms with Crippen LogP contribution < -0.4 is 4.90 Å². The zero-order chi connectivity index (χ0) is 13.2. The molecular weight excluding hydrogens is 243 g/mol. The Morgan fingerprint density at radius 2 is 1.83 bits per heavy atom. The Labute approximate surface area is 104 Å². The SMILES string of the molecule is CCN1CCN(c2ccc(C(F)(F)F)cn2)CC1. The highest BCUT2D eigenvalue weighted by molar-refractivity contribution is 5.40. The van der Waals surface area contributed by atoms with Gasteiger partial charge in [-0.2, -0.15) is 13.2 Å². The molecule has 0 amide bonds. The van der Waals surface area contributed by atoms with E-state index in [1.165, 1.54) is 6.07 Å². The van der Waals surface area contributed by atoms with Crippen molar-refractivity contribution in [1.82, 2.24) is 9.88 Å². The topological polar surface area (TPSA) is 19.4 Å². The molecule has 0 unspecified atom stereocenters. The van der Waals surface area contributed by atoms with E-state index >= 15 is 0 Å². The molecule has 0 atom stereocenters. The molecule has 1 saturated heterocycles. The summed E-state index contributed by atoms with van der Waals surface area (Å²) in [5, 5.41) is 0. The van der Waals surface area contributed by atoms with E-state index in [1.807, 2.05) is 4.90 Å². The number of likely N-dealkylation sites (N-methyl/N-ethyl adjacent to an activating group) is 1. The van der Waals surface area contributed by atoms with E-state index in [0.29, 0.717) is 5.82 Å². The number of anilines is 1. The van der Waals surface area contributed by atoms with E-state index in [2.05, 4.69) is 16.8 Å². The predicted molar refractivity (Wildman–Crippen MR) is 63.6 cm³/mol. The zero-order valence-electron chi connectivity index (χ0n) is 10.2. The highest BCUT2D eigenvalue weighted by Gasteiger charge is 2.31. The second kappa shape index (κ2) is 5.14. The van der Waals surface area contributed by atoms with Crippen LogP contribution in [0.15, 0.2) is 18.3 Å². The summed E-state index contributed by atoms with van der Waals surface area (Å²) in [6.07, 6.45) is -3.41. The standard InChI is InChI=1S/C12H16F3N3/c1-2-17-5-7-18(8-6-17)11-4-3-10(9-16-11)12(13,14)15/h3-4,9H,2,5-8H2,1H3. The number of nitrogens with zero attached hydrogens (tertiary/aromatic N) is 3. The summed E-state index contributed by atoms with van der Waals surface area (Å²) >= 11 is 0. The fraction of sp³-hybridized carbons (Fsp3) is 0.583. The number of pyridine rings is 1. The van der Waals surface area contributed by atoms with Gasteiger partial charge < -0.3 is 9.80 Å². The first kappa shape index (κ1) is 13.1. The van der Waals surface area contributed by atoms with E-state index in [1.54, 1.807) is 0 Å². The molecule has 1 aliphatic heterocycles. The van der Waals surface area contributed by atoms with Gasteiger partial charge in [-0.3, -0.25) is 0 Å². The van der Waals surface area contributed by atoms with Gasteiger partial charge in [0, 0.05) is 32.4 Å². The predicted octanol–water partition coefficient (Wildman–Crippen LogP) is 2.24. The first-order valence-corrected chi connectivity index (χ1v) is 6.01. The van der Waals surface area contributed by atoms with Crippen LogP contribution in [0.3, 0.4) is 0 Å². The maximum absolute atomic E-state index is 12.4. The van der Waals surface area contributed by atoms with Crippen LogP contribution in [-0.2, 0) is 6.18 Å². The van der Waals surface area contributed by atoms with Crippen molar-refractivity contribution in [3.05, 3.63) is 23.9 Å². The van der Waals surface area contributed by atoms with Crippen molar-refractivity contribution < 1.29 is 13.2 Å². The Hall–Kier alpha value is -1.30. The highest BCUT2D eigenvalue weighted by atomic mass is 19.4. The third kappa shape index (κ3) is 2.93. The second-order valence-corrected chi connectivity index (χ2v) is 4.32. The molecule has 1 aromatic heterocycles. The Kier molecular flexibility index (Phi) is 3.75. The van der Waals surface area contributed by atoms with Crippen molar-refractivity contribution in [3.8, 4) is 0 Å². The van der Waals surface area contributed by atoms with Gasteiger partial charge in [-0.15, -0.1) is 0 Å². The average Bonchev–Trinajstić information content (AvgIpc) is 2.38. The lowest BCUT2D eigenvalue weighted by molar-refractivity contribution is -0.137. The van der Waals surface area contributed by atoms with Crippen molar-refractivity contribution in [1.29, 1.82) is 0 Å². The van der Waals surface area contributed by atoms with E-state index in [4.69, 9.17) is 0 Å². The van der Waals surface area contributed by atoms with Gasteiger partial charge in [0.1, 0.15) is 5.82 Å². The summed E-state index contributed by atoms with van der Waals surface area (Å²) in [4.78, 5) is 8.23. The number of halogens is 3. The molecule has 0 aliphatic carbocycles. The van der Waals surface area contributed by atoms with Crippen LogP contribution >= 0.6 is 0 Å². The Morgan fingerprint density at radius 1 is 1.17 bits per heavy atom. The minimum absolute atomic E-state index is 0.624. The largest absolute Gasteiger partial charge is 0.417 e. The van der Waals surface area contributed by atoms with Crippen LogP contribution in [0.2, 0.25) is 0 Å². The molecule has 0 N–H and O–H groups in total. The smallest absolute Gasteiger partial charge is 0.354 e. The molecule has 0 aromatic carbocycles. The molecule has 1 aliphatic rings. The number of aromatic nitrogens is 1. The number of hydrogen-bond acceptors (Lipinski definition) is 3. The maximum Gasteiger partial charge on any atom is 0.417 e. The lowest BCUT2D eigenvalue weighted by Crippen LogP contribution is -2.46. The lowest BCUT2D eigenvalue weighted by Gasteiger charge is -2.34. The van der Waals surface area contributed by atoms with Gasteiger partial charge in [-0.05, 0) is 18.7 Å². The van der Waals surface area contributed by atoms with Gasteiger partial charge in [-0.1, -0.05) is 6.92 Å². The summed E-state index contributed by atoms with van der Waals surface area (Å²) in [6, 6.07) is 2.54. The Morgan fingerprint density at radius 3 is 2.28 bits per heavy atom. The highest BCUT2D eigenvalue weighted by Crippen LogP contribution is 2.29. The third-order valence-electron chi connectivity index (χ3n) is 3.22. The fourth-order valence-electron chi connectivity index (χ4n) is 2.03. The van der Waals surface area contributed by atoms with Crippen LogP contribution in [0.5, 0.6) is 0 Å². The maximum atomic E-state index is 12.4. The molecule has 0 radical (unpaired) electrons. The van der Waals surface area contributed by atoms with Gasteiger partial charge >= 0.3 is 6.18 Å². The molecular formula is C12H16F3N3. The summed E-state index contributed by atoms with van der Waals surface area (Å²) in [5.41, 5.74) is -0.696. The first-order valence-electron chi connectivity index (χ1n) is 6.01. The van der Waals surface area contributed by atoms with Crippen LogP contribution in [0.1, 0.15) is 12.5 Å². The quantitative estimate of drug-likeness (QED) is 0.812. The number of piperazine rings is 1. The Bertz CT molecular complexity index is 381. The first-order chi connectivity index (χ1) is 8.50. The molecule has 2 heterocycles. The number of hydrogen-bond donors (Lipinski definition) is 0. The van der Waals surface area contributed by atoms with Crippen LogP contribution in [0.4, 0.5) is 19.0 Å². The van der Waals surface area contributed by atoms with E-state index in [9.17, 15) is 13.2 Å². The second-order valence-electron chi connectivity index (χ2n) is 4.32. The van der Waals surface area contributed by atoms with Gasteiger partial charge in [0.15, 0.2) is 0 Å². The van der Waals surface area contributed by atoms with Crippen molar-refractivity contribution >= 4 is 5.82 Å². The molecule has 0 spiro atoms. The monoisotopic (exact) mass is 259 g/mol. The van der Waals surface area contributed by atoms with Crippen molar-refractivity contribution in [2.24, 2.45) is 0 Å². The lowest BCUT2D eigenvalue weighted by atomic mass is 10.2. The summed E-state index contributed by atoms with van der Waals surface area (Å²) in [6.45, 7) is 6.59. The number of rotatable bonds is 2. The molecule has 6 heteroatoms. The molecule has 2 rings (SSSR count). The summed E-state index contributed by atoms with van der Waals surface area (Å²) < 4.78 is 37.2. The molecule has 0 saturated carbocycles. The molecule has 18 heavy (non-hydrogen) atoms. The molecule has 1 aromatic rings. The van der Waals surface area contributed by atoms with Gasteiger partial charge in [-0.25, -0.2) is 4.98 Å². The van der Waals surface area contributed by atoms with E-state index in [-0.39, 0.29) is 0 Å². The summed E-state index contributed by atoms with van der Waals surface area (Å²) in [5.74, 6) is 0.624. The summed E-state index contributed by atoms with van der Waals surface area (Å²) in [7, 11) is 0. The zero-order valence-corrected chi connectivity index (χ0v) is 10.2. The average molecular weight is 259 g/mol. The van der Waals surface area contributed by atoms with Crippen molar-refractivity contribution in [3.63, 3.8) is 0 Å². The number of alkyl halides is 3. The fourth-order valence-corrected chi connectivity index (χ4v) is 2.03. The van der Waals surface area contributed by atoms with Gasteiger partial charge in [0.05, 0.1) is 5.56 Å². The minimum Gasteiger partial charge on any atom is -0.354 e.